The van der Waals surface area contributed by atoms with E-state index in [4.69, 9.17) is 15.2 Å². The van der Waals surface area contributed by atoms with E-state index in [0.717, 1.165) is 26.1 Å². The summed E-state index contributed by atoms with van der Waals surface area (Å²) in [5.74, 6) is 0. The summed E-state index contributed by atoms with van der Waals surface area (Å²) in [4.78, 5) is 2.58. The molecule has 3 aliphatic rings. The third-order valence-electron chi connectivity index (χ3n) is 5.55. The Hall–Kier alpha value is -0.160. The quantitative estimate of drug-likeness (QED) is 0.764. The molecule has 1 atom stereocenters. The van der Waals surface area contributed by atoms with Crippen molar-refractivity contribution in [2.45, 2.75) is 75.6 Å². The average molecular weight is 296 g/mol. The van der Waals surface area contributed by atoms with Crippen LogP contribution in [0.25, 0.3) is 0 Å². The Bertz CT molecular complexity index is 310. The molecule has 2 heterocycles. The highest BCUT2D eigenvalue weighted by Crippen LogP contribution is 2.43. The van der Waals surface area contributed by atoms with Gasteiger partial charge in [0.2, 0.25) is 0 Å². The Balaban J connectivity index is 1.34. The maximum absolute atomic E-state index is 6.43. The first-order valence-electron chi connectivity index (χ1n) is 9.01. The molecule has 4 heteroatoms. The van der Waals surface area contributed by atoms with Gasteiger partial charge in [-0.1, -0.05) is 12.8 Å². The SMILES string of the molecule is NCCCOC1CCN(CC2CCC3(CCCC3)O2)CC1. The molecule has 0 bridgehead atoms. The maximum Gasteiger partial charge on any atom is 0.0710 e. The minimum Gasteiger partial charge on any atom is -0.378 e. The highest BCUT2D eigenvalue weighted by molar-refractivity contribution is 4.93. The van der Waals surface area contributed by atoms with Gasteiger partial charge in [0.1, 0.15) is 0 Å². The highest BCUT2D eigenvalue weighted by Gasteiger charge is 2.42. The largest absolute Gasteiger partial charge is 0.378 e. The van der Waals surface area contributed by atoms with E-state index in [1.54, 1.807) is 0 Å². The van der Waals surface area contributed by atoms with Gasteiger partial charge in [-0.2, -0.15) is 0 Å². The third-order valence-corrected chi connectivity index (χ3v) is 5.55. The van der Waals surface area contributed by atoms with E-state index in [-0.39, 0.29) is 5.60 Å². The first kappa shape index (κ1) is 15.7. The summed E-state index contributed by atoms with van der Waals surface area (Å²) in [6.07, 6.45) is 12.2. The minimum atomic E-state index is 0.286. The molecule has 1 spiro atoms. The molecule has 3 fully saturated rings. The summed E-state index contributed by atoms with van der Waals surface area (Å²) in [6.45, 7) is 5.03. The molecule has 122 valence electrons. The van der Waals surface area contributed by atoms with Crippen molar-refractivity contribution in [3.05, 3.63) is 0 Å². The Morgan fingerprint density at radius 3 is 2.57 bits per heavy atom. The molecule has 0 aromatic heterocycles. The van der Waals surface area contributed by atoms with Crippen molar-refractivity contribution in [2.75, 3.05) is 32.8 Å². The standard InChI is InChI=1S/C17H32N2O2/c18-10-3-13-20-15-5-11-19(12-6-15)14-16-4-9-17(21-16)7-1-2-8-17/h15-16H,1-14,18H2. The molecule has 0 aromatic carbocycles. The fraction of sp³-hybridized carbons (Fsp3) is 1.00. The zero-order chi connectivity index (χ0) is 14.5. The summed E-state index contributed by atoms with van der Waals surface area (Å²) in [5.41, 5.74) is 5.79. The van der Waals surface area contributed by atoms with Crippen LogP contribution in [0.2, 0.25) is 0 Å². The first-order chi connectivity index (χ1) is 10.3. The van der Waals surface area contributed by atoms with Gasteiger partial charge in [-0.25, -0.2) is 0 Å². The number of rotatable bonds is 6. The number of hydrogen-bond acceptors (Lipinski definition) is 4. The van der Waals surface area contributed by atoms with Gasteiger partial charge in [-0.05, 0) is 51.5 Å². The Morgan fingerprint density at radius 2 is 1.86 bits per heavy atom. The fourth-order valence-corrected chi connectivity index (χ4v) is 4.29. The average Bonchev–Trinajstić information content (AvgIpc) is 3.12. The molecule has 1 saturated carbocycles. The molecule has 0 aromatic rings. The molecule has 2 N–H and O–H groups in total. The van der Waals surface area contributed by atoms with Gasteiger partial charge in [0.25, 0.3) is 0 Å². The molecular formula is C17H32N2O2. The van der Waals surface area contributed by atoms with Crippen molar-refractivity contribution in [3.8, 4) is 0 Å². The van der Waals surface area contributed by atoms with Crippen LogP contribution in [0.3, 0.4) is 0 Å². The molecule has 1 unspecified atom stereocenters. The fourth-order valence-electron chi connectivity index (χ4n) is 4.29. The summed E-state index contributed by atoms with van der Waals surface area (Å²) in [7, 11) is 0. The van der Waals surface area contributed by atoms with E-state index in [9.17, 15) is 0 Å². The topological polar surface area (TPSA) is 47.7 Å². The van der Waals surface area contributed by atoms with Gasteiger partial charge in [-0.3, -0.25) is 0 Å². The Labute approximate surface area is 129 Å². The molecule has 2 saturated heterocycles. The lowest BCUT2D eigenvalue weighted by Crippen LogP contribution is -2.41. The van der Waals surface area contributed by atoms with Gasteiger partial charge in [0.05, 0.1) is 17.8 Å². The van der Waals surface area contributed by atoms with Crippen LogP contribution < -0.4 is 5.73 Å². The summed E-state index contributed by atoms with van der Waals surface area (Å²) in [6, 6.07) is 0. The number of hydrogen-bond donors (Lipinski definition) is 1. The van der Waals surface area contributed by atoms with Gasteiger partial charge in [-0.15, -0.1) is 0 Å². The van der Waals surface area contributed by atoms with Gasteiger partial charge < -0.3 is 20.1 Å². The second-order valence-electron chi connectivity index (χ2n) is 7.18. The smallest absolute Gasteiger partial charge is 0.0710 e. The van der Waals surface area contributed by atoms with Gasteiger partial charge in [0, 0.05) is 26.2 Å². The first-order valence-corrected chi connectivity index (χ1v) is 9.01. The predicted molar refractivity (Wildman–Crippen MR) is 84.4 cm³/mol. The summed E-state index contributed by atoms with van der Waals surface area (Å²) >= 11 is 0. The second-order valence-corrected chi connectivity index (χ2v) is 7.18. The van der Waals surface area contributed by atoms with E-state index >= 15 is 0 Å². The molecule has 2 aliphatic heterocycles. The van der Waals surface area contributed by atoms with Crippen LogP contribution in [0, 0.1) is 0 Å². The highest BCUT2D eigenvalue weighted by atomic mass is 16.5. The summed E-state index contributed by atoms with van der Waals surface area (Å²) in [5, 5.41) is 0. The zero-order valence-electron chi connectivity index (χ0n) is 13.4. The number of nitrogens with zero attached hydrogens (tertiary/aromatic N) is 1. The van der Waals surface area contributed by atoms with Crippen LogP contribution in [-0.4, -0.2) is 55.5 Å². The molecule has 21 heavy (non-hydrogen) atoms. The van der Waals surface area contributed by atoms with Gasteiger partial charge in [0.15, 0.2) is 0 Å². The lowest BCUT2D eigenvalue weighted by molar-refractivity contribution is -0.0562. The molecule has 4 nitrogen and oxygen atoms in total. The molecule has 0 amide bonds. The van der Waals surface area contributed by atoms with Crippen molar-refractivity contribution in [1.82, 2.24) is 4.90 Å². The minimum absolute atomic E-state index is 0.286. The van der Waals surface area contributed by atoms with Gasteiger partial charge >= 0.3 is 0 Å². The van der Waals surface area contributed by atoms with E-state index in [1.807, 2.05) is 0 Å². The van der Waals surface area contributed by atoms with Crippen LogP contribution in [0.5, 0.6) is 0 Å². The van der Waals surface area contributed by atoms with Crippen LogP contribution in [-0.2, 0) is 9.47 Å². The summed E-state index contributed by atoms with van der Waals surface area (Å²) < 4.78 is 12.3. The van der Waals surface area contributed by atoms with E-state index < -0.39 is 0 Å². The number of likely N-dealkylation sites (tertiary alicyclic amines) is 1. The lowest BCUT2D eigenvalue weighted by atomic mass is 9.98. The molecule has 1 aliphatic carbocycles. The van der Waals surface area contributed by atoms with Crippen molar-refractivity contribution >= 4 is 0 Å². The molecular weight excluding hydrogens is 264 g/mol. The maximum atomic E-state index is 6.43. The van der Waals surface area contributed by atoms with Crippen LogP contribution in [0.15, 0.2) is 0 Å². The van der Waals surface area contributed by atoms with Crippen LogP contribution in [0.4, 0.5) is 0 Å². The monoisotopic (exact) mass is 296 g/mol. The van der Waals surface area contributed by atoms with E-state index in [2.05, 4.69) is 4.90 Å². The molecule has 0 radical (unpaired) electrons. The Kier molecular flexibility index (Phi) is 5.54. The van der Waals surface area contributed by atoms with E-state index in [1.165, 1.54) is 64.5 Å². The normalized spacial score (nSPS) is 30.4. The van der Waals surface area contributed by atoms with Crippen molar-refractivity contribution in [3.63, 3.8) is 0 Å². The number of nitrogens with two attached hydrogens (primary N) is 1. The predicted octanol–water partition coefficient (Wildman–Crippen LogP) is 2.31. The van der Waals surface area contributed by atoms with Crippen LogP contribution >= 0.6 is 0 Å². The number of ether oxygens (including phenoxy) is 2. The van der Waals surface area contributed by atoms with Crippen LogP contribution in [0.1, 0.15) is 57.8 Å². The third kappa shape index (κ3) is 4.19. The van der Waals surface area contributed by atoms with E-state index in [0.29, 0.717) is 12.2 Å². The van der Waals surface area contributed by atoms with Crippen molar-refractivity contribution in [2.24, 2.45) is 5.73 Å². The second kappa shape index (κ2) is 7.40. The van der Waals surface area contributed by atoms with Crippen molar-refractivity contribution < 1.29 is 9.47 Å². The lowest BCUT2D eigenvalue weighted by Gasteiger charge is -2.34. The Morgan fingerprint density at radius 1 is 1.10 bits per heavy atom. The zero-order valence-corrected chi connectivity index (χ0v) is 13.4. The number of piperidine rings is 1. The molecule has 3 rings (SSSR count). The van der Waals surface area contributed by atoms with Crippen molar-refractivity contribution in [1.29, 1.82) is 0 Å².